The zero-order chi connectivity index (χ0) is 12.4. The Morgan fingerprint density at radius 1 is 1.41 bits per heavy atom. The van der Waals surface area contributed by atoms with Gasteiger partial charge in [-0.2, -0.15) is 0 Å². The molecule has 0 bridgehead atoms. The number of nitrogens with zero attached hydrogens (tertiary/aromatic N) is 1. The second-order valence-electron chi connectivity index (χ2n) is 4.98. The number of benzene rings is 1. The summed E-state index contributed by atoms with van der Waals surface area (Å²) in [5.41, 5.74) is 3.32. The third-order valence-corrected chi connectivity index (χ3v) is 3.62. The van der Waals surface area contributed by atoms with Crippen LogP contribution in [0.2, 0.25) is 0 Å². The summed E-state index contributed by atoms with van der Waals surface area (Å²) in [6.07, 6.45) is 0.965. The maximum atomic E-state index is 12.1. The van der Waals surface area contributed by atoms with Gasteiger partial charge in [0.2, 0.25) is 5.91 Å². The minimum absolute atomic E-state index is 0.139. The molecule has 17 heavy (non-hydrogen) atoms. The molecule has 1 N–H and O–H groups in total. The Morgan fingerprint density at radius 2 is 2.18 bits per heavy atom. The van der Waals surface area contributed by atoms with Gasteiger partial charge in [-0.05, 0) is 51.1 Å². The molecule has 1 aromatic carbocycles. The van der Waals surface area contributed by atoms with Crippen LogP contribution in [0.15, 0.2) is 18.2 Å². The highest BCUT2D eigenvalue weighted by atomic mass is 16.1. The van der Waals surface area contributed by atoms with E-state index in [-0.39, 0.29) is 11.8 Å². The summed E-state index contributed by atoms with van der Waals surface area (Å²) in [6.45, 7) is 6.00. The zero-order valence-electron chi connectivity index (χ0n) is 10.8. The molecule has 0 saturated carbocycles. The SMILES string of the molecule is Cc1cccc(NC(=O)C2CCN(C)C2)c1C. The summed E-state index contributed by atoms with van der Waals surface area (Å²) in [5, 5.41) is 3.05. The Kier molecular flexibility index (Phi) is 3.48. The predicted octanol–water partition coefficient (Wildman–Crippen LogP) is 2.19. The predicted molar refractivity (Wildman–Crippen MR) is 70.1 cm³/mol. The van der Waals surface area contributed by atoms with Crippen molar-refractivity contribution in [1.29, 1.82) is 0 Å². The number of aryl methyl sites for hydroxylation is 1. The van der Waals surface area contributed by atoms with E-state index < -0.39 is 0 Å². The highest BCUT2D eigenvalue weighted by Crippen LogP contribution is 2.21. The molecule has 1 amide bonds. The molecular formula is C14H20N2O. The fourth-order valence-corrected chi connectivity index (χ4v) is 2.27. The van der Waals surface area contributed by atoms with Gasteiger partial charge in [-0.3, -0.25) is 4.79 Å². The number of nitrogens with one attached hydrogen (secondary N) is 1. The topological polar surface area (TPSA) is 32.3 Å². The highest BCUT2D eigenvalue weighted by Gasteiger charge is 2.26. The largest absolute Gasteiger partial charge is 0.326 e. The maximum absolute atomic E-state index is 12.1. The van der Waals surface area contributed by atoms with E-state index >= 15 is 0 Å². The van der Waals surface area contributed by atoms with Crippen LogP contribution in [0, 0.1) is 19.8 Å². The van der Waals surface area contributed by atoms with Gasteiger partial charge in [-0.1, -0.05) is 12.1 Å². The van der Waals surface area contributed by atoms with Crippen LogP contribution in [-0.2, 0) is 4.79 Å². The fourth-order valence-electron chi connectivity index (χ4n) is 2.27. The van der Waals surface area contributed by atoms with Crippen LogP contribution in [0.4, 0.5) is 5.69 Å². The van der Waals surface area contributed by atoms with E-state index in [1.807, 2.05) is 19.1 Å². The lowest BCUT2D eigenvalue weighted by Crippen LogP contribution is -2.25. The summed E-state index contributed by atoms with van der Waals surface area (Å²) < 4.78 is 0. The van der Waals surface area contributed by atoms with Gasteiger partial charge in [0.05, 0.1) is 5.92 Å². The number of hydrogen-bond donors (Lipinski definition) is 1. The van der Waals surface area contributed by atoms with Gasteiger partial charge in [0.25, 0.3) is 0 Å². The van der Waals surface area contributed by atoms with E-state index in [1.165, 1.54) is 5.56 Å². The molecule has 92 valence electrons. The van der Waals surface area contributed by atoms with Crippen molar-refractivity contribution in [2.24, 2.45) is 5.92 Å². The Balaban J connectivity index is 2.06. The molecule has 1 unspecified atom stereocenters. The van der Waals surface area contributed by atoms with E-state index in [1.54, 1.807) is 0 Å². The standard InChI is InChI=1S/C14H20N2O/c1-10-5-4-6-13(11(10)2)15-14(17)12-7-8-16(3)9-12/h4-6,12H,7-9H2,1-3H3,(H,15,17). The van der Waals surface area contributed by atoms with E-state index in [2.05, 4.69) is 30.3 Å². The van der Waals surface area contributed by atoms with E-state index in [9.17, 15) is 4.79 Å². The Morgan fingerprint density at radius 3 is 2.82 bits per heavy atom. The van der Waals surface area contributed by atoms with Crippen molar-refractivity contribution in [3.05, 3.63) is 29.3 Å². The van der Waals surface area contributed by atoms with Crippen molar-refractivity contribution >= 4 is 11.6 Å². The van der Waals surface area contributed by atoms with Crippen molar-refractivity contribution < 1.29 is 4.79 Å². The second-order valence-corrected chi connectivity index (χ2v) is 4.98. The number of amides is 1. The smallest absolute Gasteiger partial charge is 0.228 e. The van der Waals surface area contributed by atoms with Gasteiger partial charge >= 0.3 is 0 Å². The molecule has 1 atom stereocenters. The van der Waals surface area contributed by atoms with Crippen molar-refractivity contribution in [3.8, 4) is 0 Å². The number of carbonyl (C=O) groups is 1. The monoisotopic (exact) mass is 232 g/mol. The van der Waals surface area contributed by atoms with Gasteiger partial charge in [0, 0.05) is 12.2 Å². The Bertz CT molecular complexity index is 428. The van der Waals surface area contributed by atoms with Crippen LogP contribution in [0.1, 0.15) is 17.5 Å². The molecule has 3 heteroatoms. The first kappa shape index (κ1) is 12.1. The summed E-state index contributed by atoms with van der Waals surface area (Å²) in [4.78, 5) is 14.3. The molecule has 1 aliphatic heterocycles. The fraction of sp³-hybridized carbons (Fsp3) is 0.500. The van der Waals surface area contributed by atoms with Gasteiger partial charge < -0.3 is 10.2 Å². The van der Waals surface area contributed by atoms with Crippen LogP contribution in [-0.4, -0.2) is 30.9 Å². The van der Waals surface area contributed by atoms with E-state index in [0.717, 1.165) is 30.8 Å². The molecule has 0 aromatic heterocycles. The number of anilines is 1. The number of likely N-dealkylation sites (tertiary alicyclic amines) is 1. The lowest BCUT2D eigenvalue weighted by atomic mass is 10.1. The first-order valence-corrected chi connectivity index (χ1v) is 6.13. The molecule has 2 rings (SSSR count). The van der Waals surface area contributed by atoms with Gasteiger partial charge in [-0.25, -0.2) is 0 Å². The number of rotatable bonds is 2. The van der Waals surface area contributed by atoms with Crippen molar-refractivity contribution in [2.75, 3.05) is 25.5 Å². The third kappa shape index (κ3) is 2.67. The molecule has 1 fully saturated rings. The lowest BCUT2D eigenvalue weighted by Gasteiger charge is -2.14. The Labute approximate surface area is 103 Å². The average molecular weight is 232 g/mol. The van der Waals surface area contributed by atoms with Crippen LogP contribution in [0.5, 0.6) is 0 Å². The molecule has 1 aliphatic rings. The quantitative estimate of drug-likeness (QED) is 0.847. The molecule has 0 spiro atoms. The molecule has 1 saturated heterocycles. The number of carbonyl (C=O) groups excluding carboxylic acids is 1. The minimum atomic E-state index is 0.139. The van der Waals surface area contributed by atoms with E-state index in [0.29, 0.717) is 0 Å². The third-order valence-electron chi connectivity index (χ3n) is 3.62. The summed E-state index contributed by atoms with van der Waals surface area (Å²) in [5.74, 6) is 0.294. The highest BCUT2D eigenvalue weighted by molar-refractivity contribution is 5.93. The van der Waals surface area contributed by atoms with Crippen LogP contribution in [0.25, 0.3) is 0 Å². The van der Waals surface area contributed by atoms with Crippen molar-refractivity contribution in [3.63, 3.8) is 0 Å². The molecule has 0 radical (unpaired) electrons. The summed E-state index contributed by atoms with van der Waals surface area (Å²) in [7, 11) is 2.06. The molecule has 0 aliphatic carbocycles. The van der Waals surface area contributed by atoms with E-state index in [4.69, 9.17) is 0 Å². The summed E-state index contributed by atoms with van der Waals surface area (Å²) in [6, 6.07) is 6.02. The first-order valence-electron chi connectivity index (χ1n) is 6.13. The molecule has 3 nitrogen and oxygen atoms in total. The second kappa shape index (κ2) is 4.88. The first-order chi connectivity index (χ1) is 8.08. The van der Waals surface area contributed by atoms with Gasteiger partial charge in [0.15, 0.2) is 0 Å². The van der Waals surface area contributed by atoms with Gasteiger partial charge in [0.1, 0.15) is 0 Å². The van der Waals surface area contributed by atoms with Crippen molar-refractivity contribution in [1.82, 2.24) is 4.90 Å². The molecule has 1 heterocycles. The average Bonchev–Trinajstić information content (AvgIpc) is 2.72. The minimum Gasteiger partial charge on any atom is -0.326 e. The normalized spacial score (nSPS) is 20.5. The number of hydrogen-bond acceptors (Lipinski definition) is 2. The zero-order valence-corrected chi connectivity index (χ0v) is 10.8. The van der Waals surface area contributed by atoms with Crippen LogP contribution in [0.3, 0.4) is 0 Å². The maximum Gasteiger partial charge on any atom is 0.228 e. The van der Waals surface area contributed by atoms with Crippen molar-refractivity contribution in [2.45, 2.75) is 20.3 Å². The Hall–Kier alpha value is -1.35. The summed E-state index contributed by atoms with van der Waals surface area (Å²) >= 11 is 0. The van der Waals surface area contributed by atoms with Crippen LogP contribution < -0.4 is 5.32 Å². The molecule has 1 aromatic rings. The molecular weight excluding hydrogens is 212 g/mol. The lowest BCUT2D eigenvalue weighted by molar-refractivity contribution is -0.119. The van der Waals surface area contributed by atoms with Gasteiger partial charge in [-0.15, -0.1) is 0 Å². The van der Waals surface area contributed by atoms with Crippen LogP contribution >= 0.6 is 0 Å².